The average molecular weight is 172 g/mol. The van der Waals surface area contributed by atoms with Crippen LogP contribution < -0.4 is 0 Å². The third-order valence-electron chi connectivity index (χ3n) is 1.28. The molecule has 1 aromatic heterocycles. The Bertz CT molecular complexity index is 411. The van der Waals surface area contributed by atoms with Gasteiger partial charge in [-0.25, -0.2) is 4.79 Å². The second-order valence-corrected chi connectivity index (χ2v) is 2.17. The molecule has 0 saturated heterocycles. The van der Waals surface area contributed by atoms with E-state index in [9.17, 15) is 4.79 Å². The first-order chi connectivity index (χ1) is 7.29. The van der Waals surface area contributed by atoms with Gasteiger partial charge in [0.05, 0.1) is 13.7 Å². The topological polar surface area (TPSA) is 44.1 Å². The van der Waals surface area contributed by atoms with Crippen molar-refractivity contribution >= 4 is 5.97 Å². The van der Waals surface area contributed by atoms with Crippen molar-refractivity contribution < 1.29 is 15.0 Å². The van der Waals surface area contributed by atoms with Crippen molar-refractivity contribution in [2.24, 2.45) is 7.05 Å². The fourth-order valence-corrected chi connectivity index (χ4v) is 0.801. The molecule has 0 spiro atoms. The molecule has 0 aromatic carbocycles. The zero-order valence-electron chi connectivity index (χ0n) is 10.9. The minimum Gasteiger partial charge on any atom is -0.461 e. The molecular weight excluding hydrogens is 156 g/mol. The molecule has 0 saturated carbocycles. The van der Waals surface area contributed by atoms with E-state index in [1.807, 2.05) is 0 Å². The first-order valence-corrected chi connectivity index (χ1v) is 3.50. The number of carbonyl (C=O) groups excluding carboxylic acids is 1. The molecule has 0 radical (unpaired) electrons. The second kappa shape index (κ2) is 3.38. The van der Waals surface area contributed by atoms with Crippen molar-refractivity contribution in [2.45, 2.75) is 13.8 Å². The van der Waals surface area contributed by atoms with Crippen LogP contribution in [-0.2, 0) is 11.8 Å². The van der Waals surface area contributed by atoms with Gasteiger partial charge in [-0.05, 0) is 19.8 Å². The van der Waals surface area contributed by atoms with Gasteiger partial charge in [-0.3, -0.25) is 4.68 Å². The lowest BCUT2D eigenvalue weighted by molar-refractivity contribution is 0.0513. The number of ether oxygens (including phenoxy) is 1. The highest BCUT2D eigenvalue weighted by atomic mass is 16.5. The summed E-state index contributed by atoms with van der Waals surface area (Å²) in [4.78, 5) is 11.4. The van der Waals surface area contributed by atoms with Crippen molar-refractivity contribution in [1.29, 1.82) is 0 Å². The van der Waals surface area contributed by atoms with Crippen LogP contribution in [0.3, 0.4) is 0 Å². The molecule has 1 aromatic rings. The van der Waals surface area contributed by atoms with Crippen LogP contribution in [0.1, 0.15) is 28.6 Å². The Morgan fingerprint density at radius 2 is 2.75 bits per heavy atom. The van der Waals surface area contributed by atoms with Crippen LogP contribution in [0.5, 0.6) is 0 Å². The first-order valence-electron chi connectivity index (χ1n) is 5.50. The maximum atomic E-state index is 11.4. The Morgan fingerprint density at radius 3 is 3.25 bits per heavy atom. The van der Waals surface area contributed by atoms with E-state index in [0.29, 0.717) is 0 Å². The first kappa shape index (κ1) is 4.64. The maximum absolute atomic E-state index is 11.4. The molecular formula is C8H12N2O2. The number of esters is 1. The molecule has 0 atom stereocenters. The zero-order chi connectivity index (χ0) is 12.5. The van der Waals surface area contributed by atoms with E-state index in [4.69, 9.17) is 10.2 Å². The van der Waals surface area contributed by atoms with Gasteiger partial charge in [0.1, 0.15) is 5.69 Å². The number of hydrogen-bond acceptors (Lipinski definition) is 3. The van der Waals surface area contributed by atoms with Crippen molar-refractivity contribution in [3.05, 3.63) is 17.4 Å². The SMILES string of the molecule is [2H]c1c(C([2H])([2H])[2H])nn(C)c1C(=O)OCC. The molecule has 1 rings (SSSR count). The largest absolute Gasteiger partial charge is 0.461 e. The fourth-order valence-electron chi connectivity index (χ4n) is 0.801. The molecule has 0 unspecified atom stereocenters. The molecule has 4 nitrogen and oxygen atoms in total. The van der Waals surface area contributed by atoms with Crippen LogP contribution in [0.4, 0.5) is 0 Å². The van der Waals surface area contributed by atoms with Gasteiger partial charge < -0.3 is 4.74 Å². The van der Waals surface area contributed by atoms with E-state index in [0.717, 1.165) is 4.68 Å². The monoisotopic (exact) mass is 172 g/mol. The van der Waals surface area contributed by atoms with E-state index in [1.165, 1.54) is 7.05 Å². The van der Waals surface area contributed by atoms with E-state index in [1.54, 1.807) is 6.92 Å². The third kappa shape index (κ3) is 1.64. The van der Waals surface area contributed by atoms with Gasteiger partial charge >= 0.3 is 5.97 Å². The Morgan fingerprint density at radius 1 is 2.00 bits per heavy atom. The maximum Gasteiger partial charge on any atom is 0.356 e. The van der Waals surface area contributed by atoms with E-state index >= 15 is 0 Å². The summed E-state index contributed by atoms with van der Waals surface area (Å²) in [6.45, 7) is -0.714. The normalized spacial score (nSPS) is 15.8. The van der Waals surface area contributed by atoms with E-state index in [2.05, 4.69) is 5.10 Å². The molecule has 0 aliphatic rings. The molecule has 0 fully saturated rings. The van der Waals surface area contributed by atoms with E-state index in [-0.39, 0.29) is 12.3 Å². The summed E-state index contributed by atoms with van der Waals surface area (Å²) in [5.41, 5.74) is -0.536. The van der Waals surface area contributed by atoms with Gasteiger partial charge in [-0.2, -0.15) is 5.10 Å². The summed E-state index contributed by atoms with van der Waals surface area (Å²) in [6, 6.07) is -0.402. The zero-order valence-corrected chi connectivity index (χ0v) is 6.92. The lowest BCUT2D eigenvalue weighted by Gasteiger charge is -2.00. The van der Waals surface area contributed by atoms with Crippen LogP contribution >= 0.6 is 0 Å². The number of aromatic nitrogens is 2. The second-order valence-electron chi connectivity index (χ2n) is 2.17. The lowest BCUT2D eigenvalue weighted by atomic mass is 10.4. The van der Waals surface area contributed by atoms with Crippen LogP contribution in [-0.4, -0.2) is 22.4 Å². The van der Waals surface area contributed by atoms with Gasteiger partial charge in [-0.15, -0.1) is 0 Å². The highest BCUT2D eigenvalue weighted by Gasteiger charge is 2.11. The highest BCUT2D eigenvalue weighted by molar-refractivity contribution is 5.87. The fraction of sp³-hybridized carbons (Fsp3) is 0.500. The summed E-state index contributed by atoms with van der Waals surface area (Å²) in [7, 11) is 1.40. The molecule has 66 valence electrons. The summed E-state index contributed by atoms with van der Waals surface area (Å²) in [5, 5.41) is 3.65. The number of aryl methyl sites for hydroxylation is 2. The van der Waals surface area contributed by atoms with Crippen LogP contribution in [0, 0.1) is 6.85 Å². The van der Waals surface area contributed by atoms with Crippen molar-refractivity contribution in [1.82, 2.24) is 9.78 Å². The van der Waals surface area contributed by atoms with E-state index < -0.39 is 24.6 Å². The number of hydrogen-bond donors (Lipinski definition) is 0. The molecule has 0 N–H and O–H groups in total. The smallest absolute Gasteiger partial charge is 0.356 e. The Hall–Kier alpha value is -1.32. The van der Waals surface area contributed by atoms with Gasteiger partial charge in [0, 0.05) is 11.2 Å². The average Bonchev–Trinajstić information content (AvgIpc) is 2.41. The van der Waals surface area contributed by atoms with Gasteiger partial charge in [0.2, 0.25) is 0 Å². The lowest BCUT2D eigenvalue weighted by Crippen LogP contribution is -2.10. The number of nitrogens with zero attached hydrogens (tertiary/aromatic N) is 2. The Kier molecular flexibility index (Phi) is 1.31. The summed E-state index contributed by atoms with van der Waals surface area (Å²) in [5.74, 6) is -0.738. The predicted octanol–water partition coefficient (Wildman–Crippen LogP) is 0.905. The molecule has 1 heterocycles. The van der Waals surface area contributed by atoms with Gasteiger partial charge in [0.15, 0.2) is 0 Å². The van der Waals surface area contributed by atoms with Crippen LogP contribution in [0.15, 0.2) is 6.04 Å². The molecule has 0 amide bonds. The standard InChI is InChI=1S/C8H12N2O2/c1-4-12-8(11)7-5-6(2)9-10(7)3/h5H,4H2,1-3H3/i2D3,5D. The van der Waals surface area contributed by atoms with Crippen molar-refractivity contribution in [3.63, 3.8) is 0 Å². The molecule has 12 heavy (non-hydrogen) atoms. The quantitative estimate of drug-likeness (QED) is 0.623. The van der Waals surface area contributed by atoms with Crippen LogP contribution in [0.2, 0.25) is 0 Å². The van der Waals surface area contributed by atoms with Crippen molar-refractivity contribution in [3.8, 4) is 0 Å². The highest BCUT2D eigenvalue weighted by Crippen LogP contribution is 2.03. The number of carbonyl (C=O) groups is 1. The summed E-state index contributed by atoms with van der Waals surface area (Å²) >= 11 is 0. The minimum atomic E-state index is -2.50. The third-order valence-corrected chi connectivity index (χ3v) is 1.28. The summed E-state index contributed by atoms with van der Waals surface area (Å²) < 4.78 is 34.8. The molecule has 0 aliphatic heterocycles. The predicted molar refractivity (Wildman–Crippen MR) is 43.9 cm³/mol. The summed E-state index contributed by atoms with van der Waals surface area (Å²) in [6.07, 6.45) is 0. The number of rotatable bonds is 2. The Labute approximate surface area is 76.8 Å². The molecule has 4 heteroatoms. The van der Waals surface area contributed by atoms with Gasteiger partial charge in [-0.1, -0.05) is 0 Å². The molecule has 0 bridgehead atoms. The Balaban J connectivity index is 3.23. The van der Waals surface area contributed by atoms with Crippen LogP contribution in [0.25, 0.3) is 0 Å². The minimum absolute atomic E-state index is 0.145. The molecule has 0 aliphatic carbocycles. The van der Waals surface area contributed by atoms with Gasteiger partial charge in [0.25, 0.3) is 0 Å². The van der Waals surface area contributed by atoms with Crippen molar-refractivity contribution in [2.75, 3.05) is 6.61 Å².